The Morgan fingerprint density at radius 2 is 1.84 bits per heavy atom. The van der Waals surface area contributed by atoms with E-state index in [0.717, 1.165) is 16.9 Å². The molecule has 5 heteroatoms. The number of carboxylic acids is 1. The van der Waals surface area contributed by atoms with Gasteiger partial charge in [-0.2, -0.15) is 0 Å². The van der Waals surface area contributed by atoms with Crippen LogP contribution < -0.4 is 10.1 Å². The van der Waals surface area contributed by atoms with E-state index in [4.69, 9.17) is 4.74 Å². The first-order chi connectivity index (χ1) is 11.8. The Morgan fingerprint density at radius 3 is 2.48 bits per heavy atom. The number of amides is 1. The van der Waals surface area contributed by atoms with Gasteiger partial charge in [0, 0.05) is 12.1 Å². The molecule has 5 nitrogen and oxygen atoms in total. The van der Waals surface area contributed by atoms with E-state index in [-0.39, 0.29) is 23.8 Å². The van der Waals surface area contributed by atoms with Crippen molar-refractivity contribution in [1.82, 2.24) is 0 Å². The molecule has 0 heterocycles. The van der Waals surface area contributed by atoms with Crippen molar-refractivity contribution in [2.24, 2.45) is 0 Å². The molecule has 1 unspecified atom stereocenters. The minimum atomic E-state index is -1.00. The van der Waals surface area contributed by atoms with Crippen molar-refractivity contribution in [3.63, 3.8) is 0 Å². The van der Waals surface area contributed by atoms with Crippen molar-refractivity contribution < 1.29 is 19.4 Å². The molecular formula is C20H23NO4. The standard InChI is InChI=1S/C20H23NO4/c1-12-9-14(3)17(11-16(12)20(23)24)21-19(22)10-13(2)15-7-5-6-8-18(15)25-4/h5-9,11,13H,10H2,1-4H3,(H,21,22)(H,23,24). The molecule has 1 amide bonds. The summed E-state index contributed by atoms with van der Waals surface area (Å²) in [6, 6.07) is 10.9. The molecule has 0 spiro atoms. The van der Waals surface area contributed by atoms with Crippen LogP contribution in [0, 0.1) is 13.8 Å². The van der Waals surface area contributed by atoms with Crippen LogP contribution in [0.5, 0.6) is 5.75 Å². The van der Waals surface area contributed by atoms with Gasteiger partial charge in [0.05, 0.1) is 12.7 Å². The number of benzene rings is 2. The van der Waals surface area contributed by atoms with Crippen LogP contribution in [0.2, 0.25) is 0 Å². The van der Waals surface area contributed by atoms with Crippen LogP contribution in [0.4, 0.5) is 5.69 Å². The van der Waals surface area contributed by atoms with Crippen LogP contribution in [-0.2, 0) is 4.79 Å². The summed E-state index contributed by atoms with van der Waals surface area (Å²) in [6.07, 6.45) is 0.274. The first-order valence-corrected chi connectivity index (χ1v) is 8.10. The molecule has 0 fully saturated rings. The predicted octanol–water partition coefficient (Wildman–Crippen LogP) is 4.14. The predicted molar refractivity (Wildman–Crippen MR) is 97.5 cm³/mol. The molecule has 2 aromatic rings. The van der Waals surface area contributed by atoms with E-state index in [1.165, 1.54) is 6.07 Å². The van der Waals surface area contributed by atoms with E-state index in [2.05, 4.69) is 5.32 Å². The number of nitrogens with one attached hydrogen (secondary N) is 1. The maximum Gasteiger partial charge on any atom is 0.336 e. The maximum absolute atomic E-state index is 12.4. The van der Waals surface area contributed by atoms with Gasteiger partial charge in [0.2, 0.25) is 5.91 Å². The number of para-hydroxylation sites is 1. The van der Waals surface area contributed by atoms with Crippen molar-refractivity contribution in [3.8, 4) is 5.75 Å². The molecule has 0 saturated heterocycles. The second-order valence-electron chi connectivity index (χ2n) is 6.18. The first kappa shape index (κ1) is 18.5. The minimum Gasteiger partial charge on any atom is -0.496 e. The second-order valence-corrected chi connectivity index (χ2v) is 6.18. The molecule has 1 atom stereocenters. The van der Waals surface area contributed by atoms with Crippen LogP contribution >= 0.6 is 0 Å². The number of carboxylic acid groups (broad SMARTS) is 1. The number of carbonyl (C=O) groups is 2. The summed E-state index contributed by atoms with van der Waals surface area (Å²) in [6.45, 7) is 5.55. The highest BCUT2D eigenvalue weighted by molar-refractivity contribution is 5.95. The minimum absolute atomic E-state index is 0.0270. The Morgan fingerprint density at radius 1 is 1.16 bits per heavy atom. The average Bonchev–Trinajstić information content (AvgIpc) is 2.56. The third-order valence-electron chi connectivity index (χ3n) is 4.24. The molecule has 0 aromatic heterocycles. The Labute approximate surface area is 147 Å². The molecule has 0 bridgehead atoms. The average molecular weight is 341 g/mol. The molecule has 0 aliphatic heterocycles. The molecule has 0 radical (unpaired) electrons. The zero-order valence-corrected chi connectivity index (χ0v) is 14.9. The summed E-state index contributed by atoms with van der Waals surface area (Å²) in [5.74, 6) is -0.444. The quantitative estimate of drug-likeness (QED) is 0.828. The lowest BCUT2D eigenvalue weighted by atomic mass is 9.96. The number of rotatable bonds is 6. The Hall–Kier alpha value is -2.82. The van der Waals surface area contributed by atoms with Crippen LogP contribution in [0.25, 0.3) is 0 Å². The molecular weight excluding hydrogens is 318 g/mol. The highest BCUT2D eigenvalue weighted by Gasteiger charge is 2.17. The molecule has 2 N–H and O–H groups in total. The van der Waals surface area contributed by atoms with Gasteiger partial charge in [-0.25, -0.2) is 4.79 Å². The highest BCUT2D eigenvalue weighted by atomic mass is 16.5. The van der Waals surface area contributed by atoms with E-state index in [1.54, 1.807) is 20.1 Å². The number of aromatic carboxylic acids is 1. The maximum atomic E-state index is 12.4. The summed E-state index contributed by atoms with van der Waals surface area (Å²) in [5.41, 5.74) is 3.19. The van der Waals surface area contributed by atoms with Crippen molar-refractivity contribution in [2.45, 2.75) is 33.1 Å². The number of carbonyl (C=O) groups excluding carboxylic acids is 1. The zero-order chi connectivity index (χ0) is 18.6. The fraction of sp³-hybridized carbons (Fsp3) is 0.300. The van der Waals surface area contributed by atoms with Gasteiger partial charge in [0.15, 0.2) is 0 Å². The molecule has 0 saturated carbocycles. The van der Waals surface area contributed by atoms with E-state index >= 15 is 0 Å². The Bertz CT molecular complexity index is 798. The number of hydrogen-bond donors (Lipinski definition) is 2. The molecule has 0 aliphatic rings. The Balaban J connectivity index is 2.15. The van der Waals surface area contributed by atoms with Gasteiger partial charge in [0.25, 0.3) is 0 Å². The van der Waals surface area contributed by atoms with Gasteiger partial charge in [-0.3, -0.25) is 4.79 Å². The van der Waals surface area contributed by atoms with Crippen molar-refractivity contribution >= 4 is 17.6 Å². The lowest BCUT2D eigenvalue weighted by Crippen LogP contribution is -2.16. The van der Waals surface area contributed by atoms with Crippen molar-refractivity contribution in [3.05, 3.63) is 58.7 Å². The van der Waals surface area contributed by atoms with Gasteiger partial charge in [-0.1, -0.05) is 31.2 Å². The smallest absolute Gasteiger partial charge is 0.336 e. The summed E-state index contributed by atoms with van der Waals surface area (Å²) in [7, 11) is 1.61. The molecule has 2 aromatic carbocycles. The second kappa shape index (κ2) is 7.83. The number of anilines is 1. The van der Waals surface area contributed by atoms with Crippen LogP contribution in [0.3, 0.4) is 0 Å². The molecule has 25 heavy (non-hydrogen) atoms. The largest absolute Gasteiger partial charge is 0.496 e. The molecule has 132 valence electrons. The summed E-state index contributed by atoms with van der Waals surface area (Å²) >= 11 is 0. The fourth-order valence-corrected chi connectivity index (χ4v) is 2.88. The van der Waals surface area contributed by atoms with Crippen LogP contribution in [0.15, 0.2) is 36.4 Å². The lowest BCUT2D eigenvalue weighted by Gasteiger charge is -2.16. The van der Waals surface area contributed by atoms with Crippen LogP contribution in [-0.4, -0.2) is 24.1 Å². The summed E-state index contributed by atoms with van der Waals surface area (Å²) in [4.78, 5) is 23.7. The monoisotopic (exact) mass is 341 g/mol. The van der Waals surface area contributed by atoms with Crippen molar-refractivity contribution in [1.29, 1.82) is 0 Å². The SMILES string of the molecule is COc1ccccc1C(C)CC(=O)Nc1cc(C(=O)O)c(C)cc1C. The number of hydrogen-bond acceptors (Lipinski definition) is 3. The van der Waals surface area contributed by atoms with Crippen molar-refractivity contribution in [2.75, 3.05) is 12.4 Å². The summed E-state index contributed by atoms with van der Waals surface area (Å²) < 4.78 is 5.34. The van der Waals surface area contributed by atoms with E-state index in [1.807, 2.05) is 38.1 Å². The van der Waals surface area contributed by atoms with Gasteiger partial charge in [-0.15, -0.1) is 0 Å². The zero-order valence-electron chi connectivity index (χ0n) is 14.9. The third-order valence-corrected chi connectivity index (χ3v) is 4.24. The van der Waals surface area contributed by atoms with Gasteiger partial charge in [-0.05, 0) is 48.6 Å². The molecule has 0 aliphatic carbocycles. The number of aryl methyl sites for hydroxylation is 2. The normalized spacial score (nSPS) is 11.7. The van der Waals surface area contributed by atoms with E-state index in [0.29, 0.717) is 11.3 Å². The number of methoxy groups -OCH3 is 1. The van der Waals surface area contributed by atoms with Gasteiger partial charge >= 0.3 is 5.97 Å². The van der Waals surface area contributed by atoms with E-state index in [9.17, 15) is 14.7 Å². The highest BCUT2D eigenvalue weighted by Crippen LogP contribution is 2.29. The van der Waals surface area contributed by atoms with Crippen LogP contribution in [0.1, 0.15) is 46.3 Å². The topological polar surface area (TPSA) is 75.6 Å². The molecule has 2 rings (SSSR count). The fourth-order valence-electron chi connectivity index (χ4n) is 2.88. The summed E-state index contributed by atoms with van der Waals surface area (Å²) in [5, 5.41) is 12.1. The third kappa shape index (κ3) is 4.38. The number of ether oxygens (including phenoxy) is 1. The lowest BCUT2D eigenvalue weighted by molar-refractivity contribution is -0.116. The Kier molecular flexibility index (Phi) is 5.80. The van der Waals surface area contributed by atoms with Gasteiger partial charge < -0.3 is 15.2 Å². The first-order valence-electron chi connectivity index (χ1n) is 8.10. The van der Waals surface area contributed by atoms with E-state index < -0.39 is 5.97 Å². The van der Waals surface area contributed by atoms with Gasteiger partial charge in [0.1, 0.15) is 5.75 Å².